The largest absolute Gasteiger partial charge is 0.482 e. The summed E-state index contributed by atoms with van der Waals surface area (Å²) in [5.41, 5.74) is 0.879. The number of rotatable bonds is 0. The van der Waals surface area contributed by atoms with Crippen LogP contribution in [0.15, 0.2) is 40.9 Å². The molecule has 1 aliphatic rings. The zero-order chi connectivity index (χ0) is 12.0. The van der Waals surface area contributed by atoms with Crippen LogP contribution in [0.1, 0.15) is 19.4 Å². The SMILES string of the molecule is CC1(C)Oc2ccc3ccccc3c2C=C1Br. The molecule has 0 unspecified atom stereocenters. The predicted octanol–water partition coefficient (Wildman–Crippen LogP) is 4.75. The molecule has 17 heavy (non-hydrogen) atoms. The molecule has 1 nitrogen and oxygen atoms in total. The smallest absolute Gasteiger partial charge is 0.135 e. The van der Waals surface area contributed by atoms with E-state index in [2.05, 4.69) is 72.3 Å². The van der Waals surface area contributed by atoms with Gasteiger partial charge in [-0.05, 0) is 36.8 Å². The minimum absolute atomic E-state index is 0.282. The lowest BCUT2D eigenvalue weighted by molar-refractivity contribution is 0.156. The normalized spacial score (nSPS) is 17.2. The van der Waals surface area contributed by atoms with Crippen molar-refractivity contribution in [1.82, 2.24) is 0 Å². The topological polar surface area (TPSA) is 9.23 Å². The fourth-order valence-electron chi connectivity index (χ4n) is 2.14. The van der Waals surface area contributed by atoms with Gasteiger partial charge in [0, 0.05) is 10.0 Å². The van der Waals surface area contributed by atoms with Gasteiger partial charge in [-0.3, -0.25) is 0 Å². The van der Waals surface area contributed by atoms with E-state index in [4.69, 9.17) is 4.74 Å². The highest BCUT2D eigenvalue weighted by molar-refractivity contribution is 9.11. The maximum Gasteiger partial charge on any atom is 0.135 e. The number of halogens is 1. The van der Waals surface area contributed by atoms with Crippen molar-refractivity contribution in [3.8, 4) is 5.75 Å². The van der Waals surface area contributed by atoms with Gasteiger partial charge in [0.05, 0.1) is 0 Å². The van der Waals surface area contributed by atoms with E-state index < -0.39 is 0 Å². The van der Waals surface area contributed by atoms with Crippen LogP contribution in [0.4, 0.5) is 0 Å². The Labute approximate surface area is 109 Å². The highest BCUT2D eigenvalue weighted by Gasteiger charge is 2.29. The number of fused-ring (bicyclic) bond motifs is 3. The molecule has 0 radical (unpaired) electrons. The standard InChI is InChI=1S/C15H13BrO/c1-15(2)14(16)9-12-11-6-4-3-5-10(11)7-8-13(12)17-15/h3-9H,1-2H3. The molecule has 1 aliphatic heterocycles. The Morgan fingerprint density at radius 2 is 1.82 bits per heavy atom. The van der Waals surface area contributed by atoms with Crippen LogP contribution in [0.3, 0.4) is 0 Å². The van der Waals surface area contributed by atoms with Crippen LogP contribution >= 0.6 is 15.9 Å². The van der Waals surface area contributed by atoms with Gasteiger partial charge in [-0.15, -0.1) is 0 Å². The first-order valence-electron chi connectivity index (χ1n) is 5.66. The third-order valence-electron chi connectivity index (χ3n) is 3.14. The molecule has 3 rings (SSSR count). The maximum atomic E-state index is 6.02. The van der Waals surface area contributed by atoms with Crippen molar-refractivity contribution in [3.05, 3.63) is 46.4 Å². The van der Waals surface area contributed by atoms with Gasteiger partial charge in [-0.25, -0.2) is 0 Å². The van der Waals surface area contributed by atoms with Crippen LogP contribution in [0, 0.1) is 0 Å². The predicted molar refractivity (Wildman–Crippen MR) is 75.6 cm³/mol. The fraction of sp³-hybridized carbons (Fsp3) is 0.200. The fourth-order valence-corrected chi connectivity index (χ4v) is 2.45. The van der Waals surface area contributed by atoms with Crippen molar-refractivity contribution in [1.29, 1.82) is 0 Å². The lowest BCUT2D eigenvalue weighted by atomic mass is 9.97. The van der Waals surface area contributed by atoms with Crippen molar-refractivity contribution in [2.45, 2.75) is 19.4 Å². The average Bonchev–Trinajstić information content (AvgIpc) is 2.30. The molecule has 2 heteroatoms. The minimum atomic E-state index is -0.282. The van der Waals surface area contributed by atoms with E-state index in [9.17, 15) is 0 Å². The Morgan fingerprint density at radius 3 is 2.65 bits per heavy atom. The molecule has 1 heterocycles. The Bertz CT molecular complexity index is 626. The van der Waals surface area contributed by atoms with Crippen LogP contribution in [-0.4, -0.2) is 5.60 Å². The zero-order valence-electron chi connectivity index (χ0n) is 9.83. The maximum absolute atomic E-state index is 6.02. The molecule has 0 saturated carbocycles. The molecule has 0 aromatic heterocycles. The molecule has 0 aliphatic carbocycles. The van der Waals surface area contributed by atoms with E-state index >= 15 is 0 Å². The summed E-state index contributed by atoms with van der Waals surface area (Å²) in [6, 6.07) is 12.5. The Kier molecular flexibility index (Phi) is 2.30. The molecule has 0 amide bonds. The van der Waals surface area contributed by atoms with Gasteiger partial charge < -0.3 is 4.74 Å². The molecule has 0 saturated heterocycles. The Hall–Kier alpha value is -1.28. The second kappa shape index (κ2) is 3.61. The lowest BCUT2D eigenvalue weighted by Crippen LogP contribution is -2.30. The van der Waals surface area contributed by atoms with E-state index in [1.807, 2.05) is 0 Å². The number of hydrogen-bond acceptors (Lipinski definition) is 1. The second-order valence-corrected chi connectivity index (χ2v) is 5.66. The summed E-state index contributed by atoms with van der Waals surface area (Å²) in [5, 5.41) is 2.48. The molecule has 2 aromatic carbocycles. The highest BCUT2D eigenvalue weighted by Crippen LogP contribution is 2.41. The molecule has 0 N–H and O–H groups in total. The summed E-state index contributed by atoms with van der Waals surface area (Å²) in [4.78, 5) is 0. The van der Waals surface area contributed by atoms with Gasteiger partial charge in [0.2, 0.25) is 0 Å². The van der Waals surface area contributed by atoms with Crippen LogP contribution in [0.25, 0.3) is 16.8 Å². The summed E-state index contributed by atoms with van der Waals surface area (Å²) < 4.78 is 7.10. The van der Waals surface area contributed by atoms with Crippen molar-refractivity contribution in [2.75, 3.05) is 0 Å². The van der Waals surface area contributed by atoms with Crippen LogP contribution in [-0.2, 0) is 0 Å². The third kappa shape index (κ3) is 1.67. The lowest BCUT2D eigenvalue weighted by Gasteiger charge is -2.31. The average molecular weight is 289 g/mol. The van der Waals surface area contributed by atoms with Gasteiger partial charge >= 0.3 is 0 Å². The van der Waals surface area contributed by atoms with Gasteiger partial charge in [0.1, 0.15) is 11.4 Å². The highest BCUT2D eigenvalue weighted by atomic mass is 79.9. The summed E-state index contributed by atoms with van der Waals surface area (Å²) >= 11 is 3.60. The Balaban J connectivity index is 2.33. The van der Waals surface area contributed by atoms with Crippen molar-refractivity contribution in [3.63, 3.8) is 0 Å². The van der Waals surface area contributed by atoms with E-state index in [0.29, 0.717) is 0 Å². The number of ether oxygens (including phenoxy) is 1. The molecule has 0 fully saturated rings. The first-order valence-corrected chi connectivity index (χ1v) is 6.46. The van der Waals surface area contributed by atoms with Crippen LogP contribution in [0.5, 0.6) is 5.75 Å². The molecule has 0 bridgehead atoms. The number of hydrogen-bond donors (Lipinski definition) is 0. The quantitative estimate of drug-likeness (QED) is 0.680. The molecule has 86 valence electrons. The third-order valence-corrected chi connectivity index (χ3v) is 4.33. The first-order chi connectivity index (χ1) is 8.08. The van der Waals surface area contributed by atoms with E-state index in [0.717, 1.165) is 15.8 Å². The van der Waals surface area contributed by atoms with Gasteiger partial charge in [-0.1, -0.05) is 46.3 Å². The molecule has 2 aromatic rings. The van der Waals surface area contributed by atoms with Gasteiger partial charge in [0.15, 0.2) is 0 Å². The van der Waals surface area contributed by atoms with Gasteiger partial charge in [-0.2, -0.15) is 0 Å². The monoisotopic (exact) mass is 288 g/mol. The summed E-state index contributed by atoms with van der Waals surface area (Å²) in [7, 11) is 0. The van der Waals surface area contributed by atoms with E-state index in [1.165, 1.54) is 10.8 Å². The number of benzene rings is 2. The second-order valence-electron chi connectivity index (χ2n) is 4.80. The summed E-state index contributed by atoms with van der Waals surface area (Å²) in [5.74, 6) is 0.955. The minimum Gasteiger partial charge on any atom is -0.482 e. The van der Waals surface area contributed by atoms with Crippen molar-refractivity contribution >= 4 is 32.8 Å². The zero-order valence-corrected chi connectivity index (χ0v) is 11.4. The van der Waals surface area contributed by atoms with Crippen LogP contribution < -0.4 is 4.74 Å². The summed E-state index contributed by atoms with van der Waals surface area (Å²) in [6.45, 7) is 4.12. The molecular formula is C15H13BrO. The summed E-state index contributed by atoms with van der Waals surface area (Å²) in [6.07, 6.45) is 2.17. The molecule has 0 spiro atoms. The van der Waals surface area contributed by atoms with Crippen molar-refractivity contribution < 1.29 is 4.74 Å². The van der Waals surface area contributed by atoms with E-state index in [-0.39, 0.29) is 5.60 Å². The molecular weight excluding hydrogens is 276 g/mol. The van der Waals surface area contributed by atoms with E-state index in [1.54, 1.807) is 0 Å². The first kappa shape index (κ1) is 10.8. The molecule has 0 atom stereocenters. The van der Waals surface area contributed by atoms with Crippen molar-refractivity contribution in [2.24, 2.45) is 0 Å². The van der Waals surface area contributed by atoms with Crippen LogP contribution in [0.2, 0.25) is 0 Å². The Morgan fingerprint density at radius 1 is 1.06 bits per heavy atom. The van der Waals surface area contributed by atoms with Gasteiger partial charge in [0.25, 0.3) is 0 Å².